The van der Waals surface area contributed by atoms with Gasteiger partial charge in [-0.2, -0.15) is 0 Å². The molecule has 1 rings (SSSR count). The molecule has 1 aromatic heterocycles. The lowest BCUT2D eigenvalue weighted by Gasteiger charge is -2.24. The zero-order chi connectivity index (χ0) is 14.8. The SMILES string of the molecule is CCOCCN(CCOCC)c1ccc(Cl)c(CN)n1. The van der Waals surface area contributed by atoms with E-state index in [2.05, 4.69) is 9.88 Å². The number of anilines is 1. The van der Waals surface area contributed by atoms with Crippen molar-refractivity contribution in [2.45, 2.75) is 20.4 Å². The molecule has 0 saturated heterocycles. The molecule has 0 unspecified atom stereocenters. The molecule has 0 radical (unpaired) electrons. The van der Waals surface area contributed by atoms with Crippen LogP contribution in [0.2, 0.25) is 5.02 Å². The Bertz CT molecular complexity index is 381. The third-order valence-corrected chi connectivity index (χ3v) is 3.18. The van der Waals surface area contributed by atoms with Crippen LogP contribution in [0.1, 0.15) is 19.5 Å². The molecule has 0 aromatic carbocycles. The Morgan fingerprint density at radius 3 is 2.25 bits per heavy atom. The van der Waals surface area contributed by atoms with Crippen LogP contribution in [0.15, 0.2) is 12.1 Å². The monoisotopic (exact) mass is 301 g/mol. The molecule has 0 aliphatic rings. The van der Waals surface area contributed by atoms with Crippen molar-refractivity contribution < 1.29 is 9.47 Å². The van der Waals surface area contributed by atoms with E-state index in [-0.39, 0.29) is 0 Å². The largest absolute Gasteiger partial charge is 0.380 e. The number of aromatic nitrogens is 1. The second-order valence-electron chi connectivity index (χ2n) is 4.18. The van der Waals surface area contributed by atoms with Crippen molar-refractivity contribution in [3.05, 3.63) is 22.8 Å². The van der Waals surface area contributed by atoms with Crippen LogP contribution in [0.4, 0.5) is 5.82 Å². The molecule has 0 saturated carbocycles. The molecule has 0 bridgehead atoms. The van der Waals surface area contributed by atoms with Crippen molar-refractivity contribution in [1.29, 1.82) is 0 Å². The van der Waals surface area contributed by atoms with E-state index < -0.39 is 0 Å². The van der Waals surface area contributed by atoms with Gasteiger partial charge in [0.15, 0.2) is 0 Å². The highest BCUT2D eigenvalue weighted by Gasteiger charge is 2.10. The van der Waals surface area contributed by atoms with Crippen molar-refractivity contribution in [3.8, 4) is 0 Å². The highest BCUT2D eigenvalue weighted by molar-refractivity contribution is 6.31. The van der Waals surface area contributed by atoms with Crippen molar-refractivity contribution in [2.24, 2.45) is 5.73 Å². The molecular weight excluding hydrogens is 278 g/mol. The quantitative estimate of drug-likeness (QED) is 0.670. The predicted octanol–water partition coefficient (Wildman–Crippen LogP) is 2.07. The zero-order valence-electron chi connectivity index (χ0n) is 12.3. The standard InChI is InChI=1S/C14H24ClN3O2/c1-3-19-9-7-18(8-10-20-4-2)14-6-5-12(15)13(11-16)17-14/h5-6H,3-4,7-11,16H2,1-2H3. The van der Waals surface area contributed by atoms with E-state index in [4.69, 9.17) is 26.8 Å². The first-order valence-electron chi connectivity index (χ1n) is 6.98. The fraction of sp³-hybridized carbons (Fsp3) is 0.643. The van der Waals surface area contributed by atoms with E-state index in [9.17, 15) is 0 Å². The van der Waals surface area contributed by atoms with Gasteiger partial charge in [-0.1, -0.05) is 11.6 Å². The maximum absolute atomic E-state index is 6.04. The molecule has 6 heteroatoms. The van der Waals surface area contributed by atoms with Crippen LogP contribution < -0.4 is 10.6 Å². The molecular formula is C14H24ClN3O2. The van der Waals surface area contributed by atoms with Gasteiger partial charge < -0.3 is 20.1 Å². The number of hydrogen-bond donors (Lipinski definition) is 1. The van der Waals surface area contributed by atoms with Crippen molar-refractivity contribution in [2.75, 3.05) is 44.4 Å². The van der Waals surface area contributed by atoms with Crippen LogP contribution in [0.25, 0.3) is 0 Å². The summed E-state index contributed by atoms with van der Waals surface area (Å²) in [6, 6.07) is 3.74. The first kappa shape index (κ1) is 17.2. The molecule has 114 valence electrons. The molecule has 0 aliphatic heterocycles. The molecule has 20 heavy (non-hydrogen) atoms. The summed E-state index contributed by atoms with van der Waals surface area (Å²) in [5.41, 5.74) is 6.36. The van der Waals surface area contributed by atoms with Gasteiger partial charge in [-0.3, -0.25) is 0 Å². The Labute approximate surface area is 126 Å². The van der Waals surface area contributed by atoms with Gasteiger partial charge in [-0.25, -0.2) is 4.98 Å². The summed E-state index contributed by atoms with van der Waals surface area (Å²) in [5.74, 6) is 0.856. The summed E-state index contributed by atoms with van der Waals surface area (Å²) in [6.07, 6.45) is 0. The van der Waals surface area contributed by atoms with Crippen LogP contribution in [-0.2, 0) is 16.0 Å². The minimum Gasteiger partial charge on any atom is -0.380 e. The van der Waals surface area contributed by atoms with Gasteiger partial charge in [0.25, 0.3) is 0 Å². The maximum atomic E-state index is 6.04. The summed E-state index contributed by atoms with van der Waals surface area (Å²) in [5, 5.41) is 0.603. The van der Waals surface area contributed by atoms with Gasteiger partial charge in [0, 0.05) is 32.8 Å². The molecule has 1 aromatic rings. The van der Waals surface area contributed by atoms with E-state index in [1.807, 2.05) is 26.0 Å². The van der Waals surface area contributed by atoms with Crippen molar-refractivity contribution in [3.63, 3.8) is 0 Å². The Morgan fingerprint density at radius 1 is 1.15 bits per heavy atom. The summed E-state index contributed by atoms with van der Waals surface area (Å²) in [7, 11) is 0. The summed E-state index contributed by atoms with van der Waals surface area (Å²) in [6.45, 7) is 8.56. The fourth-order valence-electron chi connectivity index (χ4n) is 1.77. The molecule has 1 heterocycles. The fourth-order valence-corrected chi connectivity index (χ4v) is 1.95. The molecule has 0 fully saturated rings. The number of nitrogens with zero attached hydrogens (tertiary/aromatic N) is 2. The summed E-state index contributed by atoms with van der Waals surface area (Å²) in [4.78, 5) is 6.63. The number of nitrogens with two attached hydrogens (primary N) is 1. The topological polar surface area (TPSA) is 60.6 Å². The van der Waals surface area contributed by atoms with Crippen LogP contribution in [0.3, 0.4) is 0 Å². The average molecular weight is 302 g/mol. The molecule has 5 nitrogen and oxygen atoms in total. The average Bonchev–Trinajstić information content (AvgIpc) is 2.47. The van der Waals surface area contributed by atoms with E-state index in [1.54, 1.807) is 0 Å². The first-order chi connectivity index (χ1) is 9.72. The van der Waals surface area contributed by atoms with Gasteiger partial charge in [0.1, 0.15) is 5.82 Å². The maximum Gasteiger partial charge on any atom is 0.129 e. The van der Waals surface area contributed by atoms with Gasteiger partial charge in [0.2, 0.25) is 0 Å². The lowest BCUT2D eigenvalue weighted by atomic mass is 10.3. The first-order valence-corrected chi connectivity index (χ1v) is 7.36. The van der Waals surface area contributed by atoms with Crippen LogP contribution in [0, 0.1) is 0 Å². The third kappa shape index (κ3) is 5.63. The molecule has 2 N–H and O–H groups in total. The van der Waals surface area contributed by atoms with E-state index in [0.29, 0.717) is 43.7 Å². The lowest BCUT2D eigenvalue weighted by Crippen LogP contribution is -2.32. The predicted molar refractivity (Wildman–Crippen MR) is 82.3 cm³/mol. The Kier molecular flexibility index (Phi) is 8.53. The molecule has 0 aliphatic carbocycles. The second kappa shape index (κ2) is 9.94. The molecule has 0 atom stereocenters. The van der Waals surface area contributed by atoms with Crippen molar-refractivity contribution in [1.82, 2.24) is 4.98 Å². The van der Waals surface area contributed by atoms with Crippen molar-refractivity contribution >= 4 is 17.4 Å². The number of ether oxygens (including phenoxy) is 2. The lowest BCUT2D eigenvalue weighted by molar-refractivity contribution is 0.141. The van der Waals surface area contributed by atoms with Crippen LogP contribution in [0.5, 0.6) is 0 Å². The number of pyridine rings is 1. The number of halogens is 1. The Hall–Kier alpha value is -0.880. The van der Waals surface area contributed by atoms with E-state index in [1.165, 1.54) is 0 Å². The van der Waals surface area contributed by atoms with Crippen LogP contribution >= 0.6 is 11.6 Å². The van der Waals surface area contributed by atoms with Crippen LogP contribution in [-0.4, -0.2) is 44.5 Å². The molecule has 0 spiro atoms. The Balaban J connectivity index is 2.73. The normalized spacial score (nSPS) is 10.8. The van der Waals surface area contributed by atoms with Gasteiger partial charge in [-0.15, -0.1) is 0 Å². The summed E-state index contributed by atoms with van der Waals surface area (Å²) < 4.78 is 10.8. The smallest absolute Gasteiger partial charge is 0.129 e. The van der Waals surface area contributed by atoms with Gasteiger partial charge >= 0.3 is 0 Å². The minimum atomic E-state index is 0.331. The number of rotatable bonds is 10. The van der Waals surface area contributed by atoms with Gasteiger partial charge in [-0.05, 0) is 26.0 Å². The zero-order valence-corrected chi connectivity index (χ0v) is 13.0. The summed E-state index contributed by atoms with van der Waals surface area (Å²) >= 11 is 6.04. The minimum absolute atomic E-state index is 0.331. The van der Waals surface area contributed by atoms with E-state index >= 15 is 0 Å². The molecule has 0 amide bonds. The van der Waals surface area contributed by atoms with Gasteiger partial charge in [0.05, 0.1) is 23.9 Å². The Morgan fingerprint density at radius 2 is 1.75 bits per heavy atom. The second-order valence-corrected chi connectivity index (χ2v) is 4.59. The number of hydrogen-bond acceptors (Lipinski definition) is 5. The highest BCUT2D eigenvalue weighted by Crippen LogP contribution is 2.18. The highest BCUT2D eigenvalue weighted by atomic mass is 35.5. The van der Waals surface area contributed by atoms with E-state index in [0.717, 1.165) is 18.9 Å². The third-order valence-electron chi connectivity index (χ3n) is 2.84.